The van der Waals surface area contributed by atoms with Gasteiger partial charge < -0.3 is 9.73 Å². The lowest BCUT2D eigenvalue weighted by Crippen LogP contribution is -2.22. The fraction of sp³-hybridized carbons (Fsp3) is 0.667. The molecule has 1 aromatic rings. The number of halogens is 3. The average Bonchev–Trinajstić information content (AvgIpc) is 2.74. The molecule has 0 aliphatic heterocycles. The largest absolute Gasteiger partial charge is 0.472 e. The average molecular weight is 249 g/mol. The SMILES string of the molecule is CCCNC(CCCC(F)(F)F)c1ccoc1. The second-order valence-electron chi connectivity index (χ2n) is 4.07. The third-order valence-electron chi connectivity index (χ3n) is 2.54. The predicted octanol–water partition coefficient (Wildman–Crippen LogP) is 4.05. The Balaban J connectivity index is 2.42. The molecule has 1 aromatic heterocycles. The molecule has 0 aromatic carbocycles. The van der Waals surface area contributed by atoms with Gasteiger partial charge in [-0.3, -0.25) is 0 Å². The molecular formula is C12H18F3NO. The van der Waals surface area contributed by atoms with Crippen molar-refractivity contribution < 1.29 is 17.6 Å². The molecule has 2 nitrogen and oxygen atoms in total. The number of furan rings is 1. The zero-order valence-corrected chi connectivity index (χ0v) is 9.89. The van der Waals surface area contributed by atoms with Gasteiger partial charge in [-0.1, -0.05) is 6.92 Å². The Labute approximate surface area is 99.2 Å². The Morgan fingerprint density at radius 3 is 2.71 bits per heavy atom. The molecule has 98 valence electrons. The van der Waals surface area contributed by atoms with Crippen LogP contribution in [0.3, 0.4) is 0 Å². The second-order valence-corrected chi connectivity index (χ2v) is 4.07. The van der Waals surface area contributed by atoms with Gasteiger partial charge in [0, 0.05) is 18.0 Å². The van der Waals surface area contributed by atoms with E-state index in [-0.39, 0.29) is 12.5 Å². The van der Waals surface area contributed by atoms with Crippen molar-refractivity contribution in [3.8, 4) is 0 Å². The van der Waals surface area contributed by atoms with Crippen LogP contribution in [0.15, 0.2) is 23.0 Å². The Hall–Kier alpha value is -0.970. The first-order chi connectivity index (χ1) is 8.03. The molecule has 0 saturated heterocycles. The quantitative estimate of drug-likeness (QED) is 0.788. The van der Waals surface area contributed by atoms with Crippen LogP contribution in [0.5, 0.6) is 0 Å². The van der Waals surface area contributed by atoms with Gasteiger partial charge in [-0.15, -0.1) is 0 Å². The summed E-state index contributed by atoms with van der Waals surface area (Å²) < 4.78 is 41.1. The van der Waals surface area contributed by atoms with E-state index < -0.39 is 12.6 Å². The topological polar surface area (TPSA) is 25.2 Å². The lowest BCUT2D eigenvalue weighted by atomic mass is 10.0. The highest BCUT2D eigenvalue weighted by molar-refractivity contribution is 5.11. The standard InChI is InChI=1S/C12H18F3NO/c1-2-7-16-11(10-5-8-17-9-10)4-3-6-12(13,14)15/h5,8-9,11,16H,2-4,6-7H2,1H3. The summed E-state index contributed by atoms with van der Waals surface area (Å²) in [7, 11) is 0. The molecule has 0 radical (unpaired) electrons. The number of rotatable bonds is 7. The van der Waals surface area contributed by atoms with Crippen molar-refractivity contribution in [2.24, 2.45) is 0 Å². The molecule has 0 aliphatic carbocycles. The van der Waals surface area contributed by atoms with Crippen LogP contribution in [0.1, 0.15) is 44.2 Å². The molecule has 17 heavy (non-hydrogen) atoms. The number of hydrogen-bond acceptors (Lipinski definition) is 2. The summed E-state index contributed by atoms with van der Waals surface area (Å²) in [5.74, 6) is 0. The van der Waals surface area contributed by atoms with E-state index in [1.807, 2.05) is 6.92 Å². The molecule has 1 N–H and O–H groups in total. The predicted molar refractivity (Wildman–Crippen MR) is 59.6 cm³/mol. The van der Waals surface area contributed by atoms with E-state index in [1.54, 1.807) is 18.6 Å². The van der Waals surface area contributed by atoms with Gasteiger partial charge in [0.1, 0.15) is 0 Å². The Bertz CT molecular complexity index is 295. The van der Waals surface area contributed by atoms with Crippen molar-refractivity contribution in [3.63, 3.8) is 0 Å². The van der Waals surface area contributed by atoms with Crippen LogP contribution in [0, 0.1) is 0 Å². The van der Waals surface area contributed by atoms with E-state index in [0.29, 0.717) is 6.42 Å². The summed E-state index contributed by atoms with van der Waals surface area (Å²) in [6.45, 7) is 2.82. The molecule has 1 unspecified atom stereocenters. The van der Waals surface area contributed by atoms with Crippen LogP contribution < -0.4 is 5.32 Å². The molecular weight excluding hydrogens is 231 g/mol. The van der Waals surface area contributed by atoms with Crippen molar-refractivity contribution in [3.05, 3.63) is 24.2 Å². The Morgan fingerprint density at radius 2 is 2.18 bits per heavy atom. The van der Waals surface area contributed by atoms with Crippen LogP contribution in [0.25, 0.3) is 0 Å². The minimum absolute atomic E-state index is 0.0453. The zero-order chi connectivity index (χ0) is 12.7. The highest BCUT2D eigenvalue weighted by atomic mass is 19.4. The van der Waals surface area contributed by atoms with E-state index >= 15 is 0 Å². The van der Waals surface area contributed by atoms with E-state index in [1.165, 1.54) is 0 Å². The maximum absolute atomic E-state index is 12.1. The number of alkyl halides is 3. The summed E-state index contributed by atoms with van der Waals surface area (Å²) in [6, 6.07) is 1.75. The fourth-order valence-electron chi connectivity index (χ4n) is 1.69. The summed E-state index contributed by atoms with van der Waals surface area (Å²) in [5.41, 5.74) is 0.917. The zero-order valence-electron chi connectivity index (χ0n) is 9.89. The first-order valence-corrected chi connectivity index (χ1v) is 5.85. The van der Waals surface area contributed by atoms with Crippen molar-refractivity contribution in [2.75, 3.05) is 6.54 Å². The molecule has 0 saturated carbocycles. The highest BCUT2D eigenvalue weighted by Crippen LogP contribution is 2.26. The lowest BCUT2D eigenvalue weighted by molar-refractivity contribution is -0.135. The van der Waals surface area contributed by atoms with E-state index in [2.05, 4.69) is 5.32 Å². The lowest BCUT2D eigenvalue weighted by Gasteiger charge is -2.17. The van der Waals surface area contributed by atoms with Gasteiger partial charge in [0.2, 0.25) is 0 Å². The normalized spacial score (nSPS) is 13.9. The number of hydrogen-bond donors (Lipinski definition) is 1. The van der Waals surface area contributed by atoms with Crippen molar-refractivity contribution in [1.29, 1.82) is 0 Å². The highest BCUT2D eigenvalue weighted by Gasteiger charge is 2.26. The molecule has 0 aliphatic rings. The van der Waals surface area contributed by atoms with Gasteiger partial charge in [0.15, 0.2) is 0 Å². The van der Waals surface area contributed by atoms with Crippen molar-refractivity contribution >= 4 is 0 Å². The van der Waals surface area contributed by atoms with Crippen LogP contribution in [0.2, 0.25) is 0 Å². The van der Waals surface area contributed by atoms with Crippen LogP contribution in [-0.2, 0) is 0 Å². The molecule has 0 fully saturated rings. The molecule has 1 heterocycles. The smallest absolute Gasteiger partial charge is 0.389 e. The van der Waals surface area contributed by atoms with E-state index in [0.717, 1.165) is 18.5 Å². The monoisotopic (exact) mass is 249 g/mol. The second kappa shape index (κ2) is 6.69. The number of nitrogens with one attached hydrogen (secondary N) is 1. The molecule has 5 heteroatoms. The molecule has 1 rings (SSSR count). The minimum Gasteiger partial charge on any atom is -0.472 e. The minimum atomic E-state index is -4.06. The molecule has 0 spiro atoms. The first kappa shape index (κ1) is 14.1. The Kier molecular flexibility index (Phi) is 5.55. The molecule has 1 atom stereocenters. The van der Waals surface area contributed by atoms with Crippen LogP contribution >= 0.6 is 0 Å². The summed E-state index contributed by atoms with van der Waals surface area (Å²) in [5, 5.41) is 3.23. The maximum atomic E-state index is 12.1. The maximum Gasteiger partial charge on any atom is 0.389 e. The van der Waals surface area contributed by atoms with Gasteiger partial charge >= 0.3 is 6.18 Å². The fourth-order valence-corrected chi connectivity index (χ4v) is 1.69. The van der Waals surface area contributed by atoms with Crippen molar-refractivity contribution in [1.82, 2.24) is 5.32 Å². The van der Waals surface area contributed by atoms with Gasteiger partial charge in [0.25, 0.3) is 0 Å². The van der Waals surface area contributed by atoms with Gasteiger partial charge in [-0.05, 0) is 31.9 Å². The first-order valence-electron chi connectivity index (χ1n) is 5.85. The summed E-state index contributed by atoms with van der Waals surface area (Å²) in [6.07, 6.45) is -0.107. The summed E-state index contributed by atoms with van der Waals surface area (Å²) >= 11 is 0. The third kappa shape index (κ3) is 5.77. The third-order valence-corrected chi connectivity index (χ3v) is 2.54. The molecule has 0 amide bonds. The van der Waals surface area contributed by atoms with Gasteiger partial charge in [-0.2, -0.15) is 13.2 Å². The molecule has 0 bridgehead atoms. The van der Waals surface area contributed by atoms with Crippen LogP contribution in [-0.4, -0.2) is 12.7 Å². The van der Waals surface area contributed by atoms with E-state index in [4.69, 9.17) is 4.42 Å². The van der Waals surface area contributed by atoms with Crippen LogP contribution in [0.4, 0.5) is 13.2 Å². The van der Waals surface area contributed by atoms with Crippen molar-refractivity contribution in [2.45, 2.75) is 44.8 Å². The Morgan fingerprint density at radius 1 is 1.41 bits per heavy atom. The summed E-state index contributed by atoms with van der Waals surface area (Å²) in [4.78, 5) is 0. The van der Waals surface area contributed by atoms with E-state index in [9.17, 15) is 13.2 Å². The van der Waals surface area contributed by atoms with Gasteiger partial charge in [-0.25, -0.2) is 0 Å². The van der Waals surface area contributed by atoms with Gasteiger partial charge in [0.05, 0.1) is 12.5 Å².